The minimum atomic E-state index is -0.691. The number of carbonyl (C=O) groups is 1. The summed E-state index contributed by atoms with van der Waals surface area (Å²) in [6, 6.07) is 0. The first-order chi connectivity index (χ1) is 12.2. The normalized spacial score (nSPS) is 20.5. The summed E-state index contributed by atoms with van der Waals surface area (Å²) < 4.78 is 5.49. The van der Waals surface area contributed by atoms with Crippen LogP contribution < -0.4 is 0 Å². The first-order valence-electron chi connectivity index (χ1n) is 9.71. The Morgan fingerprint density at radius 2 is 1.44 bits per heavy atom. The van der Waals surface area contributed by atoms with Gasteiger partial charge in [-0.3, -0.25) is 4.79 Å². The number of aliphatic carboxylic acids is 1. The molecule has 1 saturated heterocycles. The van der Waals surface area contributed by atoms with Gasteiger partial charge in [0.1, 0.15) is 0 Å². The lowest BCUT2D eigenvalue weighted by molar-refractivity contribution is -0.137. The van der Waals surface area contributed by atoms with Crippen LogP contribution in [0.1, 0.15) is 71.1 Å². The van der Waals surface area contributed by atoms with Gasteiger partial charge in [-0.25, -0.2) is 0 Å². The van der Waals surface area contributed by atoms with Crippen molar-refractivity contribution < 1.29 is 14.6 Å². The molecule has 0 radical (unpaired) electrons. The first-order valence-corrected chi connectivity index (χ1v) is 9.71. The van der Waals surface area contributed by atoms with Gasteiger partial charge in [0.15, 0.2) is 0 Å². The van der Waals surface area contributed by atoms with E-state index in [9.17, 15) is 4.79 Å². The molecule has 0 aromatic heterocycles. The van der Waals surface area contributed by atoms with E-state index in [1.165, 1.54) is 0 Å². The first kappa shape index (κ1) is 21.4. The monoisotopic (exact) mass is 346 g/mol. The molecule has 1 N–H and O–H groups in total. The van der Waals surface area contributed by atoms with Gasteiger partial charge in [0.2, 0.25) is 0 Å². The number of carboxylic acids is 1. The highest BCUT2D eigenvalue weighted by Gasteiger charge is 2.35. The average molecular weight is 347 g/mol. The fourth-order valence-electron chi connectivity index (χ4n) is 2.62. The second-order valence-electron chi connectivity index (χ2n) is 6.44. The summed E-state index contributed by atoms with van der Waals surface area (Å²) in [6.45, 7) is 2.17. The molecule has 0 aromatic carbocycles. The van der Waals surface area contributed by atoms with E-state index in [0.717, 1.165) is 57.8 Å². The molecule has 2 unspecified atom stereocenters. The van der Waals surface area contributed by atoms with Crippen molar-refractivity contribution in [2.75, 3.05) is 0 Å². The Labute approximate surface area is 153 Å². The van der Waals surface area contributed by atoms with Gasteiger partial charge in [-0.1, -0.05) is 62.0 Å². The summed E-state index contributed by atoms with van der Waals surface area (Å²) in [6.07, 6.45) is 28.0. The molecule has 1 rings (SSSR count). The summed E-state index contributed by atoms with van der Waals surface area (Å²) in [5.74, 6) is -0.691. The second kappa shape index (κ2) is 14.7. The third-order valence-electron chi connectivity index (χ3n) is 4.20. The molecule has 0 bridgehead atoms. The maximum atomic E-state index is 10.4. The summed E-state index contributed by atoms with van der Waals surface area (Å²) in [4.78, 5) is 10.4. The van der Waals surface area contributed by atoms with Gasteiger partial charge in [0, 0.05) is 6.42 Å². The maximum absolute atomic E-state index is 10.4. The third kappa shape index (κ3) is 13.4. The molecule has 3 heteroatoms. The molecule has 0 saturated carbocycles. The molecule has 3 nitrogen and oxygen atoms in total. The van der Waals surface area contributed by atoms with Crippen LogP contribution in [0.2, 0.25) is 0 Å². The number of rotatable bonds is 15. The van der Waals surface area contributed by atoms with Crippen LogP contribution in [0.15, 0.2) is 48.6 Å². The molecule has 1 fully saturated rings. The Bertz CT molecular complexity index is 460. The predicted molar refractivity (Wildman–Crippen MR) is 105 cm³/mol. The van der Waals surface area contributed by atoms with Gasteiger partial charge >= 0.3 is 5.97 Å². The Hall–Kier alpha value is -1.61. The quantitative estimate of drug-likeness (QED) is 0.225. The predicted octanol–water partition coefficient (Wildman–Crippen LogP) is 5.98. The summed E-state index contributed by atoms with van der Waals surface area (Å²) in [7, 11) is 0. The fourth-order valence-corrected chi connectivity index (χ4v) is 2.62. The van der Waals surface area contributed by atoms with Crippen LogP contribution in [0.4, 0.5) is 0 Å². The van der Waals surface area contributed by atoms with Gasteiger partial charge in [-0.2, -0.15) is 0 Å². The number of epoxide rings is 1. The van der Waals surface area contributed by atoms with Crippen molar-refractivity contribution in [1.82, 2.24) is 0 Å². The van der Waals surface area contributed by atoms with Crippen molar-refractivity contribution in [3.05, 3.63) is 48.6 Å². The van der Waals surface area contributed by atoms with E-state index in [2.05, 4.69) is 55.5 Å². The molecule has 140 valence electrons. The second-order valence-corrected chi connectivity index (χ2v) is 6.44. The van der Waals surface area contributed by atoms with E-state index >= 15 is 0 Å². The summed E-state index contributed by atoms with van der Waals surface area (Å²) in [5, 5.41) is 8.53. The number of unbranched alkanes of at least 4 members (excludes halogenated alkanes) is 3. The van der Waals surface area contributed by atoms with Crippen LogP contribution in [0, 0.1) is 0 Å². The van der Waals surface area contributed by atoms with Crippen LogP contribution in [-0.2, 0) is 9.53 Å². The van der Waals surface area contributed by atoms with Crippen molar-refractivity contribution in [2.45, 2.75) is 83.3 Å². The molecule has 1 heterocycles. The standard InChI is InChI=1S/C22H34O3/c1-2-20-21(25-20)18-16-14-12-10-8-6-4-3-5-7-9-11-13-15-17-19-22(23)24/h3-4,7-10,14,16,20-21H,2,5-6,11-13,15,17-19H2,1H3,(H,23,24). The highest BCUT2D eigenvalue weighted by atomic mass is 16.6. The van der Waals surface area contributed by atoms with Gasteiger partial charge in [-0.15, -0.1) is 0 Å². The van der Waals surface area contributed by atoms with E-state index in [1.807, 2.05) is 0 Å². The van der Waals surface area contributed by atoms with E-state index in [-0.39, 0.29) is 0 Å². The van der Waals surface area contributed by atoms with E-state index in [1.54, 1.807) is 0 Å². The van der Waals surface area contributed by atoms with Crippen molar-refractivity contribution in [1.29, 1.82) is 0 Å². The Morgan fingerprint density at radius 1 is 0.840 bits per heavy atom. The zero-order valence-corrected chi connectivity index (χ0v) is 15.6. The molecule has 0 amide bonds. The van der Waals surface area contributed by atoms with Crippen molar-refractivity contribution in [3.8, 4) is 0 Å². The molecular weight excluding hydrogens is 312 g/mol. The SMILES string of the molecule is CCC1OC1CC=CCC=CCC=CCC=CCCCCCC(=O)O. The van der Waals surface area contributed by atoms with Crippen molar-refractivity contribution in [2.24, 2.45) is 0 Å². The van der Waals surface area contributed by atoms with Gasteiger partial charge < -0.3 is 9.84 Å². The number of carboxylic acid groups (broad SMARTS) is 1. The maximum Gasteiger partial charge on any atom is 0.303 e. The zero-order valence-electron chi connectivity index (χ0n) is 15.6. The highest BCUT2D eigenvalue weighted by molar-refractivity contribution is 5.66. The Kier molecular flexibility index (Phi) is 12.6. The van der Waals surface area contributed by atoms with E-state index in [4.69, 9.17) is 9.84 Å². The van der Waals surface area contributed by atoms with Crippen LogP contribution >= 0.6 is 0 Å². The molecular formula is C22H34O3. The Morgan fingerprint density at radius 3 is 2.00 bits per heavy atom. The fraction of sp³-hybridized carbons (Fsp3) is 0.591. The number of hydrogen-bond donors (Lipinski definition) is 1. The lowest BCUT2D eigenvalue weighted by Crippen LogP contribution is -1.93. The molecule has 25 heavy (non-hydrogen) atoms. The number of allylic oxidation sites excluding steroid dienone is 7. The molecule has 2 atom stereocenters. The molecule has 0 aromatic rings. The van der Waals surface area contributed by atoms with Crippen molar-refractivity contribution in [3.63, 3.8) is 0 Å². The molecule has 0 aliphatic carbocycles. The van der Waals surface area contributed by atoms with Gasteiger partial charge in [-0.05, 0) is 51.4 Å². The number of ether oxygens (including phenoxy) is 1. The average Bonchev–Trinajstić information content (AvgIpc) is 3.36. The minimum Gasteiger partial charge on any atom is -0.481 e. The zero-order chi connectivity index (χ0) is 18.2. The third-order valence-corrected chi connectivity index (χ3v) is 4.20. The lowest BCUT2D eigenvalue weighted by atomic mass is 10.1. The largest absolute Gasteiger partial charge is 0.481 e. The van der Waals surface area contributed by atoms with Gasteiger partial charge in [0.05, 0.1) is 12.2 Å². The summed E-state index contributed by atoms with van der Waals surface area (Å²) in [5.41, 5.74) is 0. The topological polar surface area (TPSA) is 49.8 Å². The molecule has 1 aliphatic rings. The lowest BCUT2D eigenvalue weighted by Gasteiger charge is -1.94. The highest BCUT2D eigenvalue weighted by Crippen LogP contribution is 2.28. The van der Waals surface area contributed by atoms with Gasteiger partial charge in [0.25, 0.3) is 0 Å². The van der Waals surface area contributed by atoms with Crippen LogP contribution in [0.3, 0.4) is 0 Å². The van der Waals surface area contributed by atoms with E-state index in [0.29, 0.717) is 18.6 Å². The number of hydrogen-bond acceptors (Lipinski definition) is 2. The smallest absolute Gasteiger partial charge is 0.303 e. The van der Waals surface area contributed by atoms with Crippen LogP contribution in [-0.4, -0.2) is 23.3 Å². The van der Waals surface area contributed by atoms with Crippen LogP contribution in [0.5, 0.6) is 0 Å². The summed E-state index contributed by atoms with van der Waals surface area (Å²) >= 11 is 0. The Balaban J connectivity index is 1.86. The molecule has 1 aliphatic heterocycles. The molecule has 0 spiro atoms. The van der Waals surface area contributed by atoms with Crippen LogP contribution in [0.25, 0.3) is 0 Å². The van der Waals surface area contributed by atoms with E-state index < -0.39 is 5.97 Å². The minimum absolute atomic E-state index is 0.296. The van der Waals surface area contributed by atoms with Crippen molar-refractivity contribution >= 4 is 5.97 Å².